The molecule has 0 bridgehead atoms. The normalized spacial score (nSPS) is 10.4. The van der Waals surface area contributed by atoms with Crippen LogP contribution in [-0.2, 0) is 0 Å². The van der Waals surface area contributed by atoms with Crippen molar-refractivity contribution in [3.05, 3.63) is 62.6 Å². The lowest BCUT2D eigenvalue weighted by atomic mass is 10.0. The van der Waals surface area contributed by atoms with Crippen molar-refractivity contribution in [1.29, 1.82) is 0 Å². The molecule has 2 N–H and O–H groups in total. The van der Waals surface area contributed by atoms with Crippen LogP contribution in [0.15, 0.2) is 36.4 Å². The fraction of sp³-hybridized carbons (Fsp3) is 0. The zero-order valence-electron chi connectivity index (χ0n) is 9.08. The van der Waals surface area contributed by atoms with Crippen molar-refractivity contribution in [3.8, 4) is 0 Å². The van der Waals surface area contributed by atoms with Gasteiger partial charge in [-0.15, -0.1) is 0 Å². The Balaban J connectivity index is 2.54. The van der Waals surface area contributed by atoms with Crippen molar-refractivity contribution in [2.75, 3.05) is 5.73 Å². The van der Waals surface area contributed by atoms with Gasteiger partial charge >= 0.3 is 0 Å². The highest BCUT2D eigenvalue weighted by Gasteiger charge is 2.16. The molecule has 92 valence electrons. The van der Waals surface area contributed by atoms with Gasteiger partial charge in [0.25, 0.3) is 0 Å². The highest BCUT2D eigenvalue weighted by Crippen LogP contribution is 2.27. The molecule has 0 unspecified atom stereocenters. The minimum absolute atomic E-state index is 0.302. The van der Waals surface area contributed by atoms with Gasteiger partial charge in [-0.25, -0.2) is 0 Å². The van der Waals surface area contributed by atoms with E-state index in [1.807, 2.05) is 0 Å². The molecule has 0 atom stereocenters. The molecule has 0 radical (unpaired) electrons. The van der Waals surface area contributed by atoms with E-state index in [1.54, 1.807) is 24.3 Å². The Kier molecular flexibility index (Phi) is 3.81. The first-order valence-corrected chi connectivity index (χ1v) is 6.17. The first kappa shape index (κ1) is 13.2. The minimum Gasteiger partial charge on any atom is -0.399 e. The Bertz CT molecular complexity index is 572. The van der Waals surface area contributed by atoms with Crippen molar-refractivity contribution in [2.24, 2.45) is 0 Å². The maximum absolute atomic E-state index is 12.3. The molecule has 0 aliphatic carbocycles. The van der Waals surface area contributed by atoms with E-state index in [0.717, 1.165) is 0 Å². The second-order valence-corrected chi connectivity index (χ2v) is 4.94. The first-order valence-electron chi connectivity index (χ1n) is 5.04. The second kappa shape index (κ2) is 5.19. The lowest BCUT2D eigenvalue weighted by Gasteiger charge is -2.07. The first-order chi connectivity index (χ1) is 8.49. The number of ketones is 1. The second-order valence-electron chi connectivity index (χ2n) is 3.69. The van der Waals surface area contributed by atoms with Crippen LogP contribution in [0.5, 0.6) is 0 Å². The topological polar surface area (TPSA) is 43.1 Å². The molecule has 0 aliphatic heterocycles. The number of carbonyl (C=O) groups excluding carboxylic acids is 1. The van der Waals surface area contributed by atoms with E-state index in [-0.39, 0.29) is 5.78 Å². The number of benzene rings is 2. The standard InChI is InChI=1S/C13H8Cl3NO/c14-7-1-3-11(15)9(5-7)13(18)10-6-8(17)2-4-12(10)16/h1-6H,17H2. The lowest BCUT2D eigenvalue weighted by molar-refractivity contribution is 0.103. The van der Waals surface area contributed by atoms with Gasteiger partial charge in [-0.2, -0.15) is 0 Å². The smallest absolute Gasteiger partial charge is 0.196 e. The summed E-state index contributed by atoms with van der Waals surface area (Å²) in [6.07, 6.45) is 0. The molecule has 0 spiro atoms. The summed E-state index contributed by atoms with van der Waals surface area (Å²) in [6.45, 7) is 0. The van der Waals surface area contributed by atoms with E-state index < -0.39 is 0 Å². The molecule has 18 heavy (non-hydrogen) atoms. The number of nitrogens with two attached hydrogens (primary N) is 1. The summed E-state index contributed by atoms with van der Waals surface area (Å²) in [4.78, 5) is 12.3. The molecule has 0 saturated heterocycles. The third-order valence-corrected chi connectivity index (χ3v) is 3.30. The van der Waals surface area contributed by atoms with E-state index in [4.69, 9.17) is 40.5 Å². The van der Waals surface area contributed by atoms with E-state index in [2.05, 4.69) is 0 Å². The number of hydrogen-bond acceptors (Lipinski definition) is 2. The molecule has 0 heterocycles. The van der Waals surface area contributed by atoms with Crippen molar-refractivity contribution >= 4 is 46.3 Å². The summed E-state index contributed by atoms with van der Waals surface area (Å²) < 4.78 is 0. The molecule has 0 amide bonds. The summed E-state index contributed by atoms with van der Waals surface area (Å²) in [5, 5.41) is 1.08. The minimum atomic E-state index is -0.306. The molecule has 2 rings (SSSR count). The number of halogens is 3. The number of hydrogen-bond donors (Lipinski definition) is 1. The summed E-state index contributed by atoms with van der Waals surface area (Å²) in [6, 6.07) is 9.40. The fourth-order valence-corrected chi connectivity index (χ4v) is 2.11. The third-order valence-electron chi connectivity index (χ3n) is 2.41. The average Bonchev–Trinajstić information content (AvgIpc) is 2.34. The van der Waals surface area contributed by atoms with Crippen LogP contribution >= 0.6 is 34.8 Å². The van der Waals surface area contributed by atoms with Gasteiger partial charge in [0.15, 0.2) is 5.78 Å². The van der Waals surface area contributed by atoms with Crippen molar-refractivity contribution in [1.82, 2.24) is 0 Å². The van der Waals surface area contributed by atoms with Gasteiger partial charge in [0.2, 0.25) is 0 Å². The summed E-state index contributed by atoms with van der Waals surface area (Å²) in [5.41, 5.74) is 6.71. The Morgan fingerprint density at radius 3 is 2.11 bits per heavy atom. The highest BCUT2D eigenvalue weighted by molar-refractivity contribution is 6.39. The highest BCUT2D eigenvalue weighted by atomic mass is 35.5. The van der Waals surface area contributed by atoms with Crippen molar-refractivity contribution in [3.63, 3.8) is 0 Å². The van der Waals surface area contributed by atoms with Crippen molar-refractivity contribution in [2.45, 2.75) is 0 Å². The summed E-state index contributed by atoms with van der Waals surface area (Å²) in [5.74, 6) is -0.306. The maximum Gasteiger partial charge on any atom is 0.196 e. The van der Waals surface area contributed by atoms with Crippen molar-refractivity contribution < 1.29 is 4.79 Å². The van der Waals surface area contributed by atoms with E-state index in [1.165, 1.54) is 12.1 Å². The zero-order valence-corrected chi connectivity index (χ0v) is 11.4. The van der Waals surface area contributed by atoms with Crippen LogP contribution in [-0.4, -0.2) is 5.78 Å². The largest absolute Gasteiger partial charge is 0.399 e. The lowest BCUT2D eigenvalue weighted by Crippen LogP contribution is -2.04. The molecule has 2 aromatic rings. The van der Waals surface area contributed by atoms with Gasteiger partial charge in [0, 0.05) is 21.8 Å². The summed E-state index contributed by atoms with van der Waals surface area (Å²) >= 11 is 17.8. The molecule has 2 aromatic carbocycles. The van der Waals surface area contributed by atoms with E-state index >= 15 is 0 Å². The number of nitrogen functional groups attached to an aromatic ring is 1. The SMILES string of the molecule is Nc1ccc(Cl)c(C(=O)c2cc(Cl)ccc2Cl)c1. The quantitative estimate of drug-likeness (QED) is 0.657. The van der Waals surface area contributed by atoms with Gasteiger partial charge in [-0.05, 0) is 36.4 Å². The predicted molar refractivity (Wildman–Crippen MR) is 75.8 cm³/mol. The van der Waals surface area contributed by atoms with Crippen LogP contribution < -0.4 is 5.73 Å². The van der Waals surface area contributed by atoms with Crippen LogP contribution in [0.3, 0.4) is 0 Å². The molecule has 2 nitrogen and oxygen atoms in total. The molecule has 0 saturated carbocycles. The van der Waals surface area contributed by atoms with Crippen LogP contribution in [0, 0.1) is 0 Å². The molecule has 5 heteroatoms. The van der Waals surface area contributed by atoms with Gasteiger partial charge in [0.1, 0.15) is 0 Å². The van der Waals surface area contributed by atoms with Crippen LogP contribution in [0.1, 0.15) is 15.9 Å². The van der Waals surface area contributed by atoms with Crippen LogP contribution in [0.2, 0.25) is 15.1 Å². The number of anilines is 1. The van der Waals surface area contributed by atoms with Gasteiger partial charge in [0.05, 0.1) is 10.0 Å². The van der Waals surface area contributed by atoms with Crippen LogP contribution in [0.25, 0.3) is 0 Å². The Labute approximate surface area is 119 Å². The molecule has 0 aromatic heterocycles. The Morgan fingerprint density at radius 2 is 1.44 bits per heavy atom. The van der Waals surface area contributed by atoms with Gasteiger partial charge < -0.3 is 5.73 Å². The zero-order chi connectivity index (χ0) is 13.3. The number of rotatable bonds is 2. The molecule has 0 fully saturated rings. The van der Waals surface area contributed by atoms with E-state index in [9.17, 15) is 4.79 Å². The maximum atomic E-state index is 12.3. The number of carbonyl (C=O) groups is 1. The average molecular weight is 301 g/mol. The van der Waals surface area contributed by atoms with Gasteiger partial charge in [-0.1, -0.05) is 34.8 Å². The molecular weight excluding hydrogens is 293 g/mol. The van der Waals surface area contributed by atoms with Crippen LogP contribution in [0.4, 0.5) is 5.69 Å². The molecule has 0 aliphatic rings. The molecular formula is C13H8Cl3NO. The summed E-state index contributed by atoms with van der Waals surface area (Å²) in [7, 11) is 0. The Hall–Kier alpha value is -1.22. The monoisotopic (exact) mass is 299 g/mol. The third kappa shape index (κ3) is 2.61. The van der Waals surface area contributed by atoms with Gasteiger partial charge in [-0.3, -0.25) is 4.79 Å². The van der Waals surface area contributed by atoms with E-state index in [0.29, 0.717) is 31.9 Å². The Morgan fingerprint density at radius 1 is 0.889 bits per heavy atom. The fourth-order valence-electron chi connectivity index (χ4n) is 1.53. The predicted octanol–water partition coefficient (Wildman–Crippen LogP) is 4.46.